The predicted molar refractivity (Wildman–Crippen MR) is 86.2 cm³/mol. The van der Waals surface area contributed by atoms with Crippen LogP contribution < -0.4 is 11.5 Å². The average Bonchev–Trinajstić information content (AvgIpc) is 3.24. The van der Waals surface area contributed by atoms with Crippen molar-refractivity contribution in [1.29, 1.82) is 5.26 Å². The monoisotopic (exact) mass is 305 g/mol. The van der Waals surface area contributed by atoms with Crippen molar-refractivity contribution in [1.82, 2.24) is 0 Å². The molecule has 114 valence electrons. The molecule has 0 aromatic carbocycles. The van der Waals surface area contributed by atoms with Crippen LogP contribution in [0.15, 0.2) is 0 Å². The van der Waals surface area contributed by atoms with Gasteiger partial charge in [0.15, 0.2) is 5.78 Å². The first-order valence-corrected chi connectivity index (χ1v) is 8.26. The summed E-state index contributed by atoms with van der Waals surface area (Å²) in [5.74, 6) is 0.851. The Morgan fingerprint density at radius 2 is 2.10 bits per heavy atom. The molecule has 1 atom stereocenters. The molecule has 21 heavy (non-hydrogen) atoms. The molecule has 1 saturated carbocycles. The van der Waals surface area contributed by atoms with Crippen molar-refractivity contribution in [2.24, 2.45) is 17.1 Å². The Kier molecular flexibility index (Phi) is 4.70. The SMILES string of the molecule is CN.Cc1c(N)sc2c1CCC(CC#N)(CC1CC1)C2=O. The van der Waals surface area contributed by atoms with Gasteiger partial charge in [0.1, 0.15) is 0 Å². The summed E-state index contributed by atoms with van der Waals surface area (Å²) in [6, 6.07) is 2.25. The van der Waals surface area contributed by atoms with E-state index >= 15 is 0 Å². The number of thiophene rings is 1. The minimum Gasteiger partial charge on any atom is -0.390 e. The van der Waals surface area contributed by atoms with Gasteiger partial charge in [-0.05, 0) is 50.3 Å². The molecule has 1 heterocycles. The van der Waals surface area contributed by atoms with Gasteiger partial charge in [0.25, 0.3) is 0 Å². The van der Waals surface area contributed by atoms with E-state index in [0.717, 1.165) is 40.3 Å². The molecular weight excluding hydrogens is 282 g/mol. The average molecular weight is 305 g/mol. The van der Waals surface area contributed by atoms with Crippen molar-refractivity contribution in [2.75, 3.05) is 12.8 Å². The minimum absolute atomic E-state index is 0.187. The fourth-order valence-corrected chi connectivity index (χ4v) is 4.42. The standard InChI is InChI=1S/C15H18N2OS.CH5N/c1-9-11-4-5-15(6-7-16,8-10-2-3-10)13(18)12(11)19-14(9)17;1-2/h10H,2-6,8,17H2,1H3;2H2,1H3. The van der Waals surface area contributed by atoms with E-state index in [1.165, 1.54) is 31.2 Å². The van der Waals surface area contributed by atoms with Gasteiger partial charge in [0.05, 0.1) is 15.9 Å². The third kappa shape index (κ3) is 2.83. The number of carbonyl (C=O) groups excluding carboxylic acids is 1. The van der Waals surface area contributed by atoms with Crippen molar-refractivity contribution in [3.05, 3.63) is 16.0 Å². The number of nitrogens with two attached hydrogens (primary N) is 2. The summed E-state index contributed by atoms with van der Waals surface area (Å²) in [5, 5.41) is 9.88. The lowest BCUT2D eigenvalue weighted by Crippen LogP contribution is -2.35. The summed E-state index contributed by atoms with van der Waals surface area (Å²) in [5.41, 5.74) is 12.2. The molecule has 0 saturated heterocycles. The Morgan fingerprint density at radius 3 is 2.67 bits per heavy atom. The number of rotatable bonds is 3. The van der Waals surface area contributed by atoms with Crippen molar-refractivity contribution < 1.29 is 4.79 Å². The molecule has 0 radical (unpaired) electrons. The van der Waals surface area contributed by atoms with Crippen LogP contribution in [0.1, 0.15) is 52.9 Å². The van der Waals surface area contributed by atoms with E-state index in [1.54, 1.807) is 0 Å². The predicted octanol–water partition coefficient (Wildman–Crippen LogP) is 3.04. The molecule has 1 unspecified atom stereocenters. The maximum absolute atomic E-state index is 12.9. The van der Waals surface area contributed by atoms with E-state index in [0.29, 0.717) is 12.3 Å². The fraction of sp³-hybridized carbons (Fsp3) is 0.625. The zero-order valence-corrected chi connectivity index (χ0v) is 13.6. The second-order valence-corrected chi connectivity index (χ2v) is 7.04. The summed E-state index contributed by atoms with van der Waals surface area (Å²) in [7, 11) is 1.50. The zero-order chi connectivity index (χ0) is 15.6. The summed E-state index contributed by atoms with van der Waals surface area (Å²) < 4.78 is 0. The molecule has 1 aromatic heterocycles. The Morgan fingerprint density at radius 1 is 1.43 bits per heavy atom. The molecular formula is C16H23N3OS. The molecule has 0 spiro atoms. The molecule has 1 fully saturated rings. The van der Waals surface area contributed by atoms with Crippen molar-refractivity contribution in [2.45, 2.75) is 45.4 Å². The van der Waals surface area contributed by atoms with Gasteiger partial charge in [-0.2, -0.15) is 5.26 Å². The molecule has 2 aliphatic rings. The van der Waals surface area contributed by atoms with Crippen LogP contribution >= 0.6 is 11.3 Å². The molecule has 0 amide bonds. The third-order valence-electron chi connectivity index (χ3n) is 4.64. The van der Waals surface area contributed by atoms with E-state index in [4.69, 9.17) is 11.0 Å². The second-order valence-electron chi connectivity index (χ2n) is 5.99. The molecule has 0 aliphatic heterocycles. The molecule has 5 heteroatoms. The van der Waals surface area contributed by atoms with Crippen LogP contribution in [0.3, 0.4) is 0 Å². The fourth-order valence-electron chi connectivity index (χ4n) is 3.23. The van der Waals surface area contributed by atoms with Gasteiger partial charge in [-0.1, -0.05) is 12.8 Å². The first kappa shape index (κ1) is 16.0. The summed E-state index contributed by atoms with van der Waals surface area (Å²) in [6.07, 6.45) is 5.42. The summed E-state index contributed by atoms with van der Waals surface area (Å²) in [6.45, 7) is 2.00. The highest BCUT2D eigenvalue weighted by Crippen LogP contribution is 2.51. The van der Waals surface area contributed by atoms with Crippen molar-refractivity contribution in [3.8, 4) is 6.07 Å². The van der Waals surface area contributed by atoms with Gasteiger partial charge < -0.3 is 11.5 Å². The topological polar surface area (TPSA) is 92.9 Å². The lowest BCUT2D eigenvalue weighted by Gasteiger charge is -2.34. The Bertz CT molecular complexity index is 583. The maximum Gasteiger partial charge on any atom is 0.180 e. The highest BCUT2D eigenvalue weighted by Gasteiger charge is 2.46. The lowest BCUT2D eigenvalue weighted by atomic mass is 9.68. The normalized spacial score (nSPS) is 23.8. The number of fused-ring (bicyclic) bond motifs is 1. The number of anilines is 1. The largest absolute Gasteiger partial charge is 0.390 e. The Balaban J connectivity index is 0.000000774. The number of hydrogen-bond donors (Lipinski definition) is 2. The highest BCUT2D eigenvalue weighted by molar-refractivity contribution is 7.18. The van der Waals surface area contributed by atoms with Crippen molar-refractivity contribution in [3.63, 3.8) is 0 Å². The molecule has 4 N–H and O–H groups in total. The first-order chi connectivity index (χ1) is 10.1. The zero-order valence-electron chi connectivity index (χ0n) is 12.7. The van der Waals surface area contributed by atoms with Gasteiger partial charge in [0.2, 0.25) is 0 Å². The van der Waals surface area contributed by atoms with Gasteiger partial charge in [-0.3, -0.25) is 4.79 Å². The van der Waals surface area contributed by atoms with Gasteiger partial charge >= 0.3 is 0 Å². The second kappa shape index (κ2) is 6.17. The number of hydrogen-bond acceptors (Lipinski definition) is 5. The quantitative estimate of drug-likeness (QED) is 0.897. The number of nitriles is 1. The van der Waals surface area contributed by atoms with Crippen molar-refractivity contribution >= 4 is 22.1 Å². The third-order valence-corrected chi connectivity index (χ3v) is 5.81. The van der Waals surface area contributed by atoms with Gasteiger partial charge in [-0.25, -0.2) is 0 Å². The molecule has 0 bridgehead atoms. The van der Waals surface area contributed by atoms with Crippen LogP contribution in [-0.2, 0) is 6.42 Å². The van der Waals surface area contributed by atoms with E-state index in [9.17, 15) is 4.79 Å². The van der Waals surface area contributed by atoms with Crippen LogP contribution in [0.4, 0.5) is 5.00 Å². The van der Waals surface area contributed by atoms with Crippen LogP contribution in [0.2, 0.25) is 0 Å². The number of nitrogens with zero attached hydrogens (tertiary/aromatic N) is 1. The van der Waals surface area contributed by atoms with E-state index in [2.05, 4.69) is 11.8 Å². The van der Waals surface area contributed by atoms with Crippen LogP contribution in [0.5, 0.6) is 0 Å². The number of carbonyl (C=O) groups is 1. The van der Waals surface area contributed by atoms with Crippen LogP contribution in [0.25, 0.3) is 0 Å². The van der Waals surface area contributed by atoms with Crippen LogP contribution in [-0.4, -0.2) is 12.8 Å². The number of nitrogen functional groups attached to an aromatic ring is 1. The van der Waals surface area contributed by atoms with Gasteiger partial charge in [-0.15, -0.1) is 11.3 Å². The summed E-state index contributed by atoms with van der Waals surface area (Å²) in [4.78, 5) is 13.7. The summed E-state index contributed by atoms with van der Waals surface area (Å²) >= 11 is 1.42. The van der Waals surface area contributed by atoms with E-state index in [1.807, 2.05) is 6.92 Å². The minimum atomic E-state index is -0.424. The van der Waals surface area contributed by atoms with E-state index < -0.39 is 5.41 Å². The lowest BCUT2D eigenvalue weighted by molar-refractivity contribution is 0.0738. The molecule has 1 aromatic rings. The number of Topliss-reactive ketones (excluding diaryl/α,β-unsaturated/α-hetero) is 1. The van der Waals surface area contributed by atoms with E-state index in [-0.39, 0.29) is 5.78 Å². The van der Waals surface area contributed by atoms with Gasteiger partial charge in [0, 0.05) is 11.8 Å². The molecule has 2 aliphatic carbocycles. The highest BCUT2D eigenvalue weighted by atomic mass is 32.1. The first-order valence-electron chi connectivity index (χ1n) is 7.44. The number of ketones is 1. The molecule has 3 rings (SSSR count). The maximum atomic E-state index is 12.9. The Hall–Kier alpha value is -1.38. The van der Waals surface area contributed by atoms with Crippen LogP contribution in [0, 0.1) is 29.6 Å². The smallest absolute Gasteiger partial charge is 0.180 e. The molecule has 4 nitrogen and oxygen atoms in total. The Labute approximate surface area is 130 Å².